The van der Waals surface area contributed by atoms with Gasteiger partial charge < -0.3 is 20.1 Å². The Bertz CT molecular complexity index is 823. The first-order valence-electron chi connectivity index (χ1n) is 7.83. The van der Waals surface area contributed by atoms with Gasteiger partial charge >= 0.3 is 0 Å². The van der Waals surface area contributed by atoms with E-state index in [0.717, 1.165) is 5.56 Å². The maximum atomic E-state index is 12.3. The summed E-state index contributed by atoms with van der Waals surface area (Å²) in [4.78, 5) is 23.8. The highest BCUT2D eigenvalue weighted by molar-refractivity contribution is 6.33. The van der Waals surface area contributed by atoms with Crippen LogP contribution in [0.4, 0.5) is 11.4 Å². The van der Waals surface area contributed by atoms with Crippen molar-refractivity contribution in [2.75, 3.05) is 17.4 Å². The number of carbonyl (C=O) groups excluding carboxylic acids is 2. The van der Waals surface area contributed by atoms with Gasteiger partial charge in [0.05, 0.1) is 17.1 Å². The average Bonchev–Trinajstić information content (AvgIpc) is 3.05. The highest BCUT2D eigenvalue weighted by Gasteiger charge is 2.15. The molecule has 130 valence electrons. The number of halogens is 1. The Balaban J connectivity index is 1.68. The van der Waals surface area contributed by atoms with E-state index in [1.165, 1.54) is 0 Å². The minimum Gasteiger partial charge on any atom is -0.454 e. The fourth-order valence-corrected chi connectivity index (χ4v) is 2.54. The predicted molar refractivity (Wildman–Crippen MR) is 95.3 cm³/mol. The number of amides is 2. The molecule has 1 aliphatic rings. The van der Waals surface area contributed by atoms with Crippen LogP contribution >= 0.6 is 11.6 Å². The quantitative estimate of drug-likeness (QED) is 0.854. The summed E-state index contributed by atoms with van der Waals surface area (Å²) in [6.45, 7) is 1.95. The molecule has 0 saturated carbocycles. The second-order valence-corrected chi connectivity index (χ2v) is 5.92. The van der Waals surface area contributed by atoms with Crippen molar-refractivity contribution in [3.8, 4) is 11.5 Å². The molecule has 0 atom stereocenters. The molecule has 1 aliphatic heterocycles. The molecule has 7 heteroatoms. The van der Waals surface area contributed by atoms with E-state index in [9.17, 15) is 9.59 Å². The molecule has 2 aromatic carbocycles. The van der Waals surface area contributed by atoms with Crippen LogP contribution in [0.2, 0.25) is 5.02 Å². The van der Waals surface area contributed by atoms with Gasteiger partial charge in [0, 0.05) is 12.1 Å². The van der Waals surface area contributed by atoms with Gasteiger partial charge in [0.15, 0.2) is 11.5 Å². The normalized spacial score (nSPS) is 11.9. The van der Waals surface area contributed by atoms with Gasteiger partial charge in [0.2, 0.25) is 18.6 Å². The highest BCUT2D eigenvalue weighted by Crippen LogP contribution is 2.33. The monoisotopic (exact) mass is 360 g/mol. The van der Waals surface area contributed by atoms with E-state index in [1.807, 2.05) is 6.07 Å². The molecule has 0 bridgehead atoms. The largest absolute Gasteiger partial charge is 0.454 e. The lowest BCUT2D eigenvalue weighted by molar-refractivity contribution is -0.116. The maximum Gasteiger partial charge on any atom is 0.231 e. The van der Waals surface area contributed by atoms with E-state index in [4.69, 9.17) is 21.1 Å². The van der Waals surface area contributed by atoms with Gasteiger partial charge in [0.25, 0.3) is 0 Å². The number of fused-ring (bicyclic) bond motifs is 1. The first-order valence-corrected chi connectivity index (χ1v) is 8.20. The van der Waals surface area contributed by atoms with Crippen LogP contribution < -0.4 is 20.1 Å². The Labute approximate surface area is 150 Å². The zero-order chi connectivity index (χ0) is 17.8. The standard InChI is InChI=1S/C18H17ClN2O4/c1-2-17(22)20-12-4-5-13(19)14(9-12)21-18(23)8-11-3-6-15-16(7-11)25-10-24-15/h3-7,9H,2,8,10H2,1H3,(H,20,22)(H,21,23). The van der Waals surface area contributed by atoms with Crippen molar-refractivity contribution in [1.82, 2.24) is 0 Å². The zero-order valence-corrected chi connectivity index (χ0v) is 14.4. The predicted octanol–water partition coefficient (Wildman–Crippen LogP) is 3.60. The molecular weight excluding hydrogens is 344 g/mol. The van der Waals surface area contributed by atoms with Crippen molar-refractivity contribution in [1.29, 1.82) is 0 Å². The lowest BCUT2D eigenvalue weighted by Crippen LogP contribution is -2.15. The molecule has 0 spiro atoms. The summed E-state index contributed by atoms with van der Waals surface area (Å²) in [5.41, 5.74) is 1.82. The summed E-state index contributed by atoms with van der Waals surface area (Å²) in [6, 6.07) is 10.3. The fraction of sp³-hybridized carbons (Fsp3) is 0.222. The zero-order valence-electron chi connectivity index (χ0n) is 13.6. The second-order valence-electron chi connectivity index (χ2n) is 5.51. The number of nitrogens with one attached hydrogen (secondary N) is 2. The van der Waals surface area contributed by atoms with E-state index >= 15 is 0 Å². The molecule has 0 aromatic heterocycles. The van der Waals surface area contributed by atoms with Crippen LogP contribution in [-0.2, 0) is 16.0 Å². The Morgan fingerprint density at radius 2 is 1.84 bits per heavy atom. The summed E-state index contributed by atoms with van der Waals surface area (Å²) in [7, 11) is 0. The van der Waals surface area contributed by atoms with E-state index < -0.39 is 0 Å². The summed E-state index contributed by atoms with van der Waals surface area (Å²) < 4.78 is 10.6. The molecule has 0 unspecified atom stereocenters. The summed E-state index contributed by atoms with van der Waals surface area (Å²) in [5, 5.41) is 5.89. The second kappa shape index (κ2) is 7.44. The molecule has 0 fully saturated rings. The van der Waals surface area contributed by atoms with Gasteiger partial charge in [-0.25, -0.2) is 0 Å². The third-order valence-corrected chi connectivity index (χ3v) is 3.98. The van der Waals surface area contributed by atoms with E-state index in [1.54, 1.807) is 37.3 Å². The van der Waals surface area contributed by atoms with Crippen LogP contribution in [-0.4, -0.2) is 18.6 Å². The van der Waals surface area contributed by atoms with Crippen LogP contribution in [0.3, 0.4) is 0 Å². The molecule has 1 heterocycles. The summed E-state index contributed by atoms with van der Waals surface area (Å²) >= 11 is 6.13. The third kappa shape index (κ3) is 4.22. The number of hydrogen-bond donors (Lipinski definition) is 2. The first-order chi connectivity index (χ1) is 12.0. The minimum absolute atomic E-state index is 0.111. The number of rotatable bonds is 5. The van der Waals surface area contributed by atoms with Crippen LogP contribution in [0.1, 0.15) is 18.9 Å². The van der Waals surface area contributed by atoms with Crippen molar-refractivity contribution in [2.45, 2.75) is 19.8 Å². The lowest BCUT2D eigenvalue weighted by atomic mass is 10.1. The molecule has 0 radical (unpaired) electrons. The lowest BCUT2D eigenvalue weighted by Gasteiger charge is -2.10. The van der Waals surface area contributed by atoms with E-state index in [2.05, 4.69) is 10.6 Å². The topological polar surface area (TPSA) is 76.7 Å². The van der Waals surface area contributed by atoms with Gasteiger partial charge in [-0.2, -0.15) is 0 Å². The highest BCUT2D eigenvalue weighted by atomic mass is 35.5. The van der Waals surface area contributed by atoms with Gasteiger partial charge in [-0.1, -0.05) is 24.6 Å². The fourth-order valence-electron chi connectivity index (χ4n) is 2.38. The first kappa shape index (κ1) is 17.1. The molecule has 0 saturated heterocycles. The summed E-state index contributed by atoms with van der Waals surface area (Å²) in [5.74, 6) is 0.971. The molecule has 0 aliphatic carbocycles. The van der Waals surface area contributed by atoms with Gasteiger partial charge in [0.1, 0.15) is 0 Å². The molecule has 6 nitrogen and oxygen atoms in total. The van der Waals surface area contributed by atoms with E-state index in [0.29, 0.717) is 34.3 Å². The SMILES string of the molecule is CCC(=O)Nc1ccc(Cl)c(NC(=O)Cc2ccc3c(c2)OCO3)c1. The van der Waals surface area contributed by atoms with E-state index in [-0.39, 0.29) is 25.0 Å². The van der Waals surface area contributed by atoms with Gasteiger partial charge in [-0.05, 0) is 35.9 Å². The molecule has 2 aromatic rings. The minimum atomic E-state index is -0.222. The van der Waals surface area contributed by atoms with Crippen molar-refractivity contribution >= 4 is 34.8 Å². The van der Waals surface area contributed by atoms with Crippen LogP contribution in [0, 0.1) is 0 Å². The number of carbonyl (C=O) groups is 2. The molecule has 3 rings (SSSR count). The third-order valence-electron chi connectivity index (χ3n) is 3.65. The molecule has 2 amide bonds. The van der Waals surface area contributed by atoms with Crippen molar-refractivity contribution in [3.63, 3.8) is 0 Å². The Morgan fingerprint density at radius 3 is 2.64 bits per heavy atom. The van der Waals surface area contributed by atoms with Gasteiger partial charge in [-0.15, -0.1) is 0 Å². The van der Waals surface area contributed by atoms with Crippen LogP contribution in [0.25, 0.3) is 0 Å². The number of anilines is 2. The van der Waals surface area contributed by atoms with Crippen LogP contribution in [0.5, 0.6) is 11.5 Å². The van der Waals surface area contributed by atoms with Crippen molar-refractivity contribution in [2.24, 2.45) is 0 Å². The van der Waals surface area contributed by atoms with Crippen molar-refractivity contribution in [3.05, 3.63) is 47.0 Å². The van der Waals surface area contributed by atoms with Gasteiger partial charge in [-0.3, -0.25) is 9.59 Å². The van der Waals surface area contributed by atoms with Crippen LogP contribution in [0.15, 0.2) is 36.4 Å². The number of ether oxygens (including phenoxy) is 2. The van der Waals surface area contributed by atoms with Crippen molar-refractivity contribution < 1.29 is 19.1 Å². The Morgan fingerprint density at radius 1 is 1.04 bits per heavy atom. The Kier molecular flexibility index (Phi) is 5.09. The summed E-state index contributed by atoms with van der Waals surface area (Å²) in [6.07, 6.45) is 0.535. The Hall–Kier alpha value is -2.73. The smallest absolute Gasteiger partial charge is 0.231 e. The number of hydrogen-bond acceptors (Lipinski definition) is 4. The maximum absolute atomic E-state index is 12.3. The molecular formula is C18H17ClN2O4. The molecule has 2 N–H and O–H groups in total. The molecule has 25 heavy (non-hydrogen) atoms. The number of benzene rings is 2. The average molecular weight is 361 g/mol.